The minimum atomic E-state index is -0.684. The Morgan fingerprint density at radius 1 is 1.10 bits per heavy atom. The highest BCUT2D eigenvalue weighted by molar-refractivity contribution is 6.08. The fourth-order valence-electron chi connectivity index (χ4n) is 2.95. The Hall–Kier alpha value is -4.00. The van der Waals surface area contributed by atoms with Crippen LogP contribution in [0.4, 0.5) is 5.69 Å². The molecule has 0 unspecified atom stereocenters. The fourth-order valence-corrected chi connectivity index (χ4v) is 2.95. The molecule has 0 spiro atoms. The maximum absolute atomic E-state index is 12.7. The third-order valence-corrected chi connectivity index (χ3v) is 4.35. The van der Waals surface area contributed by atoms with Crippen molar-refractivity contribution in [3.05, 3.63) is 89.0 Å². The van der Waals surface area contributed by atoms with Gasteiger partial charge in [-0.1, -0.05) is 36.4 Å². The molecule has 0 saturated carbocycles. The number of nitrogens with zero attached hydrogens (tertiary/aromatic N) is 2. The number of hydrogen-bond donors (Lipinski definition) is 2. The number of para-hydroxylation sites is 2. The van der Waals surface area contributed by atoms with Crippen molar-refractivity contribution in [2.45, 2.75) is 13.8 Å². The summed E-state index contributed by atoms with van der Waals surface area (Å²) >= 11 is 0. The summed E-state index contributed by atoms with van der Waals surface area (Å²) in [5, 5.41) is 12.8. The predicted octanol–water partition coefficient (Wildman–Crippen LogP) is 3.78. The summed E-state index contributed by atoms with van der Waals surface area (Å²) in [5.74, 6) is -0.942. The van der Waals surface area contributed by atoms with E-state index in [9.17, 15) is 9.59 Å². The van der Waals surface area contributed by atoms with E-state index in [4.69, 9.17) is 10.1 Å². The van der Waals surface area contributed by atoms with E-state index in [1.54, 1.807) is 25.3 Å². The van der Waals surface area contributed by atoms with Gasteiger partial charge in [0, 0.05) is 23.0 Å². The average Bonchev–Trinajstić information content (AvgIpc) is 2.75. The minimum Gasteiger partial charge on any atom is -0.462 e. The SMILES string of the molecule is CCOC(=O)c1c(/C=N/Nc2ccccc2)c(C(C)=O)cn(-c2ccccc2)c1=N. The summed E-state index contributed by atoms with van der Waals surface area (Å²) < 4.78 is 6.67. The second kappa shape index (κ2) is 9.47. The molecule has 0 fully saturated rings. The van der Waals surface area contributed by atoms with Gasteiger partial charge in [-0.05, 0) is 38.1 Å². The molecule has 0 saturated heterocycles. The van der Waals surface area contributed by atoms with Gasteiger partial charge in [-0.3, -0.25) is 15.6 Å². The molecule has 7 heteroatoms. The first-order valence-corrected chi connectivity index (χ1v) is 9.44. The van der Waals surface area contributed by atoms with E-state index in [1.165, 1.54) is 17.7 Å². The van der Waals surface area contributed by atoms with Crippen LogP contribution in [0.1, 0.15) is 40.1 Å². The lowest BCUT2D eigenvalue weighted by Crippen LogP contribution is -2.30. The molecule has 30 heavy (non-hydrogen) atoms. The molecule has 0 radical (unpaired) electrons. The number of carbonyl (C=O) groups excluding carboxylic acids is 2. The monoisotopic (exact) mass is 402 g/mol. The largest absolute Gasteiger partial charge is 0.462 e. The number of hydrazone groups is 1. The Labute approximate surface area is 174 Å². The first-order valence-electron chi connectivity index (χ1n) is 9.44. The van der Waals surface area contributed by atoms with Crippen molar-refractivity contribution in [1.29, 1.82) is 5.41 Å². The number of hydrogen-bond acceptors (Lipinski definition) is 6. The number of Topliss-reactive ketones (excluding diaryl/α,β-unsaturated/α-hetero) is 1. The van der Waals surface area contributed by atoms with E-state index < -0.39 is 5.97 Å². The van der Waals surface area contributed by atoms with Gasteiger partial charge in [-0.2, -0.15) is 5.10 Å². The molecule has 0 aliphatic heterocycles. The Kier molecular flexibility index (Phi) is 6.54. The zero-order chi connectivity index (χ0) is 21.5. The van der Waals surface area contributed by atoms with Gasteiger partial charge in [-0.25, -0.2) is 4.79 Å². The van der Waals surface area contributed by atoms with E-state index in [1.807, 2.05) is 48.5 Å². The average molecular weight is 402 g/mol. The van der Waals surface area contributed by atoms with Crippen molar-refractivity contribution < 1.29 is 14.3 Å². The van der Waals surface area contributed by atoms with Crippen molar-refractivity contribution in [3.8, 4) is 5.69 Å². The quantitative estimate of drug-likeness (QED) is 0.272. The van der Waals surface area contributed by atoms with E-state index >= 15 is 0 Å². The molecule has 3 aromatic rings. The van der Waals surface area contributed by atoms with Crippen LogP contribution in [0.2, 0.25) is 0 Å². The number of rotatable bonds is 7. The smallest absolute Gasteiger partial charge is 0.342 e. The Morgan fingerprint density at radius 3 is 2.33 bits per heavy atom. The molecule has 0 aliphatic carbocycles. The summed E-state index contributed by atoms with van der Waals surface area (Å²) in [4.78, 5) is 25.1. The summed E-state index contributed by atoms with van der Waals surface area (Å²) in [5.41, 5.74) is 4.65. The topological polar surface area (TPSA) is 96.5 Å². The lowest BCUT2D eigenvalue weighted by molar-refractivity contribution is 0.0523. The fraction of sp³-hybridized carbons (Fsp3) is 0.130. The van der Waals surface area contributed by atoms with Crippen molar-refractivity contribution in [2.75, 3.05) is 12.0 Å². The highest BCUT2D eigenvalue weighted by Crippen LogP contribution is 2.16. The molecule has 0 aliphatic rings. The highest BCUT2D eigenvalue weighted by Gasteiger charge is 2.22. The number of anilines is 1. The second-order valence-electron chi connectivity index (χ2n) is 6.40. The van der Waals surface area contributed by atoms with Gasteiger partial charge >= 0.3 is 5.97 Å². The number of aromatic nitrogens is 1. The Balaban J connectivity index is 2.18. The molecule has 3 rings (SSSR count). The molecule has 2 aromatic carbocycles. The van der Waals surface area contributed by atoms with Crippen molar-refractivity contribution in [2.24, 2.45) is 5.10 Å². The number of benzene rings is 2. The predicted molar refractivity (Wildman–Crippen MR) is 115 cm³/mol. The van der Waals surface area contributed by atoms with Crippen LogP contribution in [0, 0.1) is 5.41 Å². The number of ether oxygens (including phenoxy) is 1. The summed E-state index contributed by atoms with van der Waals surface area (Å²) in [6.45, 7) is 3.24. The minimum absolute atomic E-state index is 0.0213. The second-order valence-corrected chi connectivity index (χ2v) is 6.40. The summed E-state index contributed by atoms with van der Waals surface area (Å²) in [6.07, 6.45) is 2.93. The normalized spacial score (nSPS) is 10.7. The van der Waals surface area contributed by atoms with Crippen LogP contribution >= 0.6 is 0 Å². The Morgan fingerprint density at radius 2 is 1.73 bits per heavy atom. The highest BCUT2D eigenvalue weighted by atomic mass is 16.5. The number of nitrogens with one attached hydrogen (secondary N) is 2. The van der Waals surface area contributed by atoms with Gasteiger partial charge in [0.05, 0.1) is 18.5 Å². The zero-order valence-corrected chi connectivity index (χ0v) is 16.8. The van der Waals surface area contributed by atoms with Crippen LogP contribution in [0.3, 0.4) is 0 Å². The third kappa shape index (κ3) is 4.52. The van der Waals surface area contributed by atoms with E-state index in [0.717, 1.165) is 5.69 Å². The number of carbonyl (C=O) groups is 2. The number of esters is 1. The van der Waals surface area contributed by atoms with E-state index in [2.05, 4.69) is 10.5 Å². The van der Waals surface area contributed by atoms with Crippen LogP contribution in [0.15, 0.2) is 72.0 Å². The van der Waals surface area contributed by atoms with Crippen molar-refractivity contribution >= 4 is 23.7 Å². The molecule has 0 amide bonds. The third-order valence-electron chi connectivity index (χ3n) is 4.35. The molecule has 1 aromatic heterocycles. The van der Waals surface area contributed by atoms with Gasteiger partial charge in [0.2, 0.25) is 0 Å². The molecule has 1 heterocycles. The van der Waals surface area contributed by atoms with Crippen LogP contribution in [0.5, 0.6) is 0 Å². The lowest BCUT2D eigenvalue weighted by atomic mass is 10.0. The van der Waals surface area contributed by atoms with E-state index in [0.29, 0.717) is 5.69 Å². The maximum Gasteiger partial charge on any atom is 0.342 e. The lowest BCUT2D eigenvalue weighted by Gasteiger charge is -2.15. The molecule has 7 nitrogen and oxygen atoms in total. The van der Waals surface area contributed by atoms with Crippen molar-refractivity contribution in [1.82, 2.24) is 4.57 Å². The maximum atomic E-state index is 12.7. The van der Waals surface area contributed by atoms with Gasteiger partial charge in [0.15, 0.2) is 5.78 Å². The molecule has 0 atom stereocenters. The first-order chi connectivity index (χ1) is 14.5. The van der Waals surface area contributed by atoms with Crippen LogP contribution in [0.25, 0.3) is 5.69 Å². The van der Waals surface area contributed by atoms with E-state index in [-0.39, 0.29) is 34.6 Å². The van der Waals surface area contributed by atoms with Gasteiger partial charge in [0.1, 0.15) is 11.1 Å². The van der Waals surface area contributed by atoms with Crippen LogP contribution < -0.4 is 10.9 Å². The van der Waals surface area contributed by atoms with Crippen molar-refractivity contribution in [3.63, 3.8) is 0 Å². The van der Waals surface area contributed by atoms with Crippen LogP contribution in [-0.2, 0) is 4.74 Å². The van der Waals surface area contributed by atoms with Gasteiger partial charge in [-0.15, -0.1) is 0 Å². The molecular weight excluding hydrogens is 380 g/mol. The zero-order valence-electron chi connectivity index (χ0n) is 16.8. The standard InChI is InChI=1S/C23H22N4O3/c1-3-30-23(29)21-19(14-25-26-17-10-6-4-7-11-17)20(16(2)28)15-27(22(21)24)18-12-8-5-9-13-18/h4-15,24,26H,3H2,1-2H3/b24-22?,25-14+. The van der Waals surface area contributed by atoms with Crippen LogP contribution in [-0.4, -0.2) is 29.1 Å². The van der Waals surface area contributed by atoms with Gasteiger partial charge in [0.25, 0.3) is 0 Å². The number of pyridine rings is 1. The summed E-state index contributed by atoms with van der Waals surface area (Å²) in [7, 11) is 0. The molecular formula is C23H22N4O3. The molecule has 2 N–H and O–H groups in total. The van der Waals surface area contributed by atoms with Gasteiger partial charge < -0.3 is 9.30 Å². The molecule has 0 bridgehead atoms. The molecule has 152 valence electrons. The Bertz CT molecular complexity index is 1140. The first kappa shape index (κ1) is 20.7. The number of ketones is 1. The summed E-state index contributed by atoms with van der Waals surface area (Å²) in [6, 6.07) is 18.3.